The van der Waals surface area contributed by atoms with Crippen molar-refractivity contribution < 1.29 is 28.8 Å². The van der Waals surface area contributed by atoms with Crippen LogP contribution in [-0.2, 0) is 28.8 Å². The van der Waals surface area contributed by atoms with Gasteiger partial charge in [0.05, 0.1) is 18.3 Å². The maximum Gasteiger partial charge on any atom is 0.418 e. The number of carbonyl (C=O) groups excluding carboxylic acids is 2. The molecule has 0 saturated heterocycles. The van der Waals surface area contributed by atoms with Crippen LogP contribution in [-0.4, -0.2) is 35.9 Å². The first-order chi connectivity index (χ1) is 14.0. The highest BCUT2D eigenvalue weighted by Crippen LogP contribution is 2.21. The predicted molar refractivity (Wildman–Crippen MR) is 119 cm³/mol. The fourth-order valence-electron chi connectivity index (χ4n) is 3.10. The highest BCUT2D eigenvalue weighted by Gasteiger charge is 2.30. The molecule has 6 heteroatoms. The third-order valence-electron chi connectivity index (χ3n) is 4.51. The van der Waals surface area contributed by atoms with E-state index in [-0.39, 0.29) is 12.7 Å². The molecule has 0 bridgehead atoms. The van der Waals surface area contributed by atoms with Crippen LogP contribution in [0.2, 0.25) is 0 Å². The van der Waals surface area contributed by atoms with E-state index in [4.69, 9.17) is 19.2 Å². The smallest absolute Gasteiger partial charge is 0.418 e. The molecule has 0 aliphatic heterocycles. The lowest BCUT2D eigenvalue weighted by atomic mass is 10.0. The van der Waals surface area contributed by atoms with Gasteiger partial charge in [0.25, 0.3) is 0 Å². The zero-order valence-electron chi connectivity index (χ0n) is 20.5. The van der Waals surface area contributed by atoms with Crippen LogP contribution in [0.4, 0.5) is 0 Å². The van der Waals surface area contributed by atoms with Crippen LogP contribution >= 0.6 is 0 Å². The standard InChI is InChI=1S/C24H46O6/c1-8-9-10-11-12-13-14-15-16-17-18-27-21(25)22(26)28-24(6,7)19-20(2)29-30-23(3,4)5/h20H,8-19H2,1-7H3. The summed E-state index contributed by atoms with van der Waals surface area (Å²) >= 11 is 0. The second-order valence-corrected chi connectivity index (χ2v) is 9.77. The summed E-state index contributed by atoms with van der Waals surface area (Å²) in [5.41, 5.74) is -1.29. The van der Waals surface area contributed by atoms with E-state index >= 15 is 0 Å². The Bertz CT molecular complexity index is 467. The van der Waals surface area contributed by atoms with Crippen LogP contribution in [0.3, 0.4) is 0 Å². The van der Waals surface area contributed by atoms with Gasteiger partial charge in [-0.2, -0.15) is 0 Å². The topological polar surface area (TPSA) is 71.1 Å². The van der Waals surface area contributed by atoms with Gasteiger partial charge in [0.1, 0.15) is 5.60 Å². The van der Waals surface area contributed by atoms with Crippen molar-refractivity contribution in [2.24, 2.45) is 0 Å². The van der Waals surface area contributed by atoms with E-state index in [0.29, 0.717) is 6.42 Å². The van der Waals surface area contributed by atoms with E-state index in [2.05, 4.69) is 6.92 Å². The van der Waals surface area contributed by atoms with Crippen molar-refractivity contribution in [2.75, 3.05) is 6.61 Å². The zero-order chi connectivity index (χ0) is 23.0. The molecule has 0 aromatic rings. The van der Waals surface area contributed by atoms with E-state index in [1.807, 2.05) is 27.7 Å². The molecule has 1 atom stereocenters. The minimum Gasteiger partial charge on any atom is -0.457 e. The highest BCUT2D eigenvalue weighted by molar-refractivity contribution is 6.29. The molecular formula is C24H46O6. The number of rotatable bonds is 16. The fraction of sp³-hybridized carbons (Fsp3) is 0.917. The molecule has 0 saturated carbocycles. The van der Waals surface area contributed by atoms with Gasteiger partial charge < -0.3 is 9.47 Å². The van der Waals surface area contributed by atoms with Gasteiger partial charge in [-0.25, -0.2) is 19.4 Å². The molecule has 0 aliphatic rings. The van der Waals surface area contributed by atoms with Gasteiger partial charge in [-0.05, 0) is 48.0 Å². The Hall–Kier alpha value is -1.14. The van der Waals surface area contributed by atoms with Crippen LogP contribution < -0.4 is 0 Å². The third kappa shape index (κ3) is 17.7. The summed E-state index contributed by atoms with van der Waals surface area (Å²) in [6.45, 7) is 13.4. The first-order valence-corrected chi connectivity index (χ1v) is 11.7. The second kappa shape index (κ2) is 15.6. The molecule has 178 valence electrons. The lowest BCUT2D eigenvalue weighted by molar-refractivity contribution is -0.373. The molecule has 0 spiro atoms. The number of ether oxygens (including phenoxy) is 2. The van der Waals surface area contributed by atoms with Crippen LogP contribution in [0.5, 0.6) is 0 Å². The van der Waals surface area contributed by atoms with Crippen molar-refractivity contribution in [3.63, 3.8) is 0 Å². The summed E-state index contributed by atoms with van der Waals surface area (Å²) < 4.78 is 10.4. The Morgan fingerprint density at radius 1 is 0.767 bits per heavy atom. The maximum absolute atomic E-state index is 12.0. The monoisotopic (exact) mass is 430 g/mol. The average Bonchev–Trinajstić information content (AvgIpc) is 2.63. The van der Waals surface area contributed by atoms with Crippen molar-refractivity contribution in [1.82, 2.24) is 0 Å². The van der Waals surface area contributed by atoms with E-state index in [1.165, 1.54) is 44.9 Å². The Morgan fingerprint density at radius 2 is 1.27 bits per heavy atom. The number of esters is 2. The molecular weight excluding hydrogens is 384 g/mol. The minimum atomic E-state index is -0.962. The molecule has 0 N–H and O–H groups in total. The van der Waals surface area contributed by atoms with Crippen molar-refractivity contribution in [3.8, 4) is 0 Å². The molecule has 6 nitrogen and oxygen atoms in total. The highest BCUT2D eigenvalue weighted by atomic mass is 17.2. The lowest BCUT2D eigenvalue weighted by Gasteiger charge is -2.28. The van der Waals surface area contributed by atoms with Crippen molar-refractivity contribution >= 4 is 11.9 Å². The lowest BCUT2D eigenvalue weighted by Crippen LogP contribution is -2.36. The minimum absolute atomic E-state index is 0.254. The Balaban J connectivity index is 3.87. The van der Waals surface area contributed by atoms with Crippen LogP contribution in [0.15, 0.2) is 0 Å². The van der Waals surface area contributed by atoms with Crippen LogP contribution in [0.25, 0.3) is 0 Å². The van der Waals surface area contributed by atoms with E-state index in [0.717, 1.165) is 19.3 Å². The number of hydrogen-bond donors (Lipinski definition) is 0. The predicted octanol–water partition coefficient (Wildman–Crippen LogP) is 6.30. The van der Waals surface area contributed by atoms with Crippen LogP contribution in [0.1, 0.15) is 119 Å². The van der Waals surface area contributed by atoms with Gasteiger partial charge in [0, 0.05) is 6.42 Å². The summed E-state index contributed by atoms with van der Waals surface area (Å²) in [4.78, 5) is 34.5. The normalized spacial score (nSPS) is 13.2. The molecule has 0 rings (SSSR count). The molecule has 30 heavy (non-hydrogen) atoms. The Kier molecular flexibility index (Phi) is 15.0. The maximum atomic E-state index is 12.0. The summed E-state index contributed by atoms with van der Waals surface area (Å²) in [6.07, 6.45) is 12.1. The summed E-state index contributed by atoms with van der Waals surface area (Å²) in [5, 5.41) is 0. The fourth-order valence-corrected chi connectivity index (χ4v) is 3.10. The largest absolute Gasteiger partial charge is 0.457 e. The van der Waals surface area contributed by atoms with E-state index in [1.54, 1.807) is 13.8 Å². The molecule has 1 unspecified atom stereocenters. The molecule has 0 fully saturated rings. The third-order valence-corrected chi connectivity index (χ3v) is 4.51. The summed E-state index contributed by atoms with van der Waals surface area (Å²) in [5.74, 6) is -1.89. The summed E-state index contributed by atoms with van der Waals surface area (Å²) in [7, 11) is 0. The molecule has 0 aromatic heterocycles. The van der Waals surface area contributed by atoms with Gasteiger partial charge in [-0.15, -0.1) is 0 Å². The SMILES string of the molecule is CCCCCCCCCCCCOC(=O)C(=O)OC(C)(C)CC(C)OOC(C)(C)C. The van der Waals surface area contributed by atoms with Crippen LogP contribution in [0, 0.1) is 0 Å². The molecule has 0 heterocycles. The summed E-state index contributed by atoms with van der Waals surface area (Å²) in [6, 6.07) is 0. The zero-order valence-corrected chi connectivity index (χ0v) is 20.5. The van der Waals surface area contributed by atoms with Crippen molar-refractivity contribution in [3.05, 3.63) is 0 Å². The molecule has 0 aromatic carbocycles. The average molecular weight is 431 g/mol. The van der Waals surface area contributed by atoms with Gasteiger partial charge in [-0.3, -0.25) is 0 Å². The van der Waals surface area contributed by atoms with E-state index < -0.39 is 23.1 Å². The molecule has 0 amide bonds. The number of carbonyl (C=O) groups is 2. The first-order valence-electron chi connectivity index (χ1n) is 11.7. The van der Waals surface area contributed by atoms with E-state index in [9.17, 15) is 9.59 Å². The number of hydrogen-bond acceptors (Lipinski definition) is 6. The van der Waals surface area contributed by atoms with Gasteiger partial charge in [0.15, 0.2) is 0 Å². The van der Waals surface area contributed by atoms with Crippen molar-refractivity contribution in [2.45, 2.75) is 136 Å². The van der Waals surface area contributed by atoms with Gasteiger partial charge >= 0.3 is 11.9 Å². The molecule has 0 radical (unpaired) electrons. The number of unbranched alkanes of at least 4 members (excludes halogenated alkanes) is 9. The second-order valence-electron chi connectivity index (χ2n) is 9.77. The first kappa shape index (κ1) is 28.9. The van der Waals surface area contributed by atoms with Crippen molar-refractivity contribution in [1.29, 1.82) is 0 Å². The Labute approximate surface area is 184 Å². The Morgan fingerprint density at radius 3 is 1.77 bits per heavy atom. The molecule has 0 aliphatic carbocycles. The van der Waals surface area contributed by atoms with Gasteiger partial charge in [0.2, 0.25) is 0 Å². The quantitative estimate of drug-likeness (QED) is 0.0941. The van der Waals surface area contributed by atoms with Gasteiger partial charge in [-0.1, -0.05) is 64.7 Å².